The average molecular weight is 861 g/mol. The SMILES string of the molecule is CCCNC(=O)[C@@H]1CCCC2SCC[C@H](NC(=O)C(CCC(Cc3ccccc3)C(=O)N[C@H]3CCS[C@H]4CCC[C@@H](C(=O)NCCC)N4C3=O)Cc3ccccc3)C(=O)N21. The Kier molecular flexibility index (Phi) is 17.2. The third-order valence-corrected chi connectivity index (χ3v) is 14.9. The Labute approximate surface area is 364 Å². The molecule has 0 saturated carbocycles. The van der Waals surface area contributed by atoms with Crippen molar-refractivity contribution in [2.75, 3.05) is 24.6 Å². The first kappa shape index (κ1) is 45.5. The maximum absolute atomic E-state index is 14.5. The average Bonchev–Trinajstić information content (AvgIpc) is 3.53. The predicted octanol–water partition coefficient (Wildman–Crippen LogP) is 5.19. The standard InChI is InChI=1S/C46H64N6O6S2/c1-3-25-47-43(55)37-17-11-19-39-51(37)45(57)35(23-27-59-39)49-41(53)33(29-31-13-7-5-8-14-31)21-22-34(30-32-15-9-6-10-16-32)42(54)50-36-24-28-60-40-20-12-18-38(52(40)46(36)58)44(56)48-26-4-2/h5-10,13-16,33-40H,3-4,11-12,17-30H2,1-2H3,(H,47,55)(H,48,56)(H,49,53)(H,50,54)/t33?,34?,35-,36-,37-,38-,39-,40?/m0/s1. The van der Waals surface area contributed by atoms with E-state index in [0.29, 0.717) is 76.0 Å². The molecule has 0 spiro atoms. The molecule has 326 valence electrons. The molecule has 4 aliphatic heterocycles. The quantitative estimate of drug-likeness (QED) is 0.169. The van der Waals surface area contributed by atoms with Gasteiger partial charge in [0.05, 0.1) is 10.7 Å². The molecule has 12 nitrogen and oxygen atoms in total. The van der Waals surface area contributed by atoms with E-state index >= 15 is 0 Å². The van der Waals surface area contributed by atoms with Gasteiger partial charge in [-0.1, -0.05) is 74.5 Å². The number of fused-ring (bicyclic) bond motifs is 2. The fourth-order valence-corrected chi connectivity index (χ4v) is 11.8. The van der Waals surface area contributed by atoms with Crippen LogP contribution in [0, 0.1) is 11.8 Å². The van der Waals surface area contributed by atoms with Gasteiger partial charge in [-0.05, 0) is 113 Å². The van der Waals surface area contributed by atoms with Gasteiger partial charge in [0, 0.05) is 24.9 Å². The molecule has 4 aliphatic rings. The zero-order valence-electron chi connectivity index (χ0n) is 35.3. The summed E-state index contributed by atoms with van der Waals surface area (Å²) in [6, 6.07) is 16.9. The lowest BCUT2D eigenvalue weighted by Crippen LogP contribution is -2.59. The van der Waals surface area contributed by atoms with Gasteiger partial charge < -0.3 is 31.1 Å². The second-order valence-corrected chi connectivity index (χ2v) is 19.2. The van der Waals surface area contributed by atoms with E-state index in [2.05, 4.69) is 21.3 Å². The molecule has 4 N–H and O–H groups in total. The second kappa shape index (κ2) is 22.7. The third-order valence-electron chi connectivity index (χ3n) is 12.3. The Bertz CT molecular complexity index is 1640. The smallest absolute Gasteiger partial charge is 0.246 e. The van der Waals surface area contributed by atoms with Crippen LogP contribution in [-0.4, -0.2) is 105 Å². The number of amides is 6. The van der Waals surface area contributed by atoms with Crippen LogP contribution in [0.4, 0.5) is 0 Å². The van der Waals surface area contributed by atoms with Crippen LogP contribution in [0.3, 0.4) is 0 Å². The number of carbonyl (C=O) groups excluding carboxylic acids is 6. The summed E-state index contributed by atoms with van der Waals surface area (Å²) in [5, 5.41) is 12.0. The van der Waals surface area contributed by atoms with E-state index in [9.17, 15) is 28.8 Å². The number of nitrogens with one attached hydrogen (secondary N) is 4. The molecule has 2 aromatic rings. The number of nitrogens with zero attached hydrogens (tertiary/aromatic N) is 2. The first-order valence-electron chi connectivity index (χ1n) is 22.3. The first-order chi connectivity index (χ1) is 29.2. The molecule has 0 bridgehead atoms. The lowest BCUT2D eigenvalue weighted by atomic mass is 9.86. The Hall–Kier alpha value is -4.04. The van der Waals surface area contributed by atoms with Gasteiger partial charge in [-0.25, -0.2) is 0 Å². The van der Waals surface area contributed by atoms with Crippen LogP contribution in [0.15, 0.2) is 60.7 Å². The Morgan fingerprint density at radius 1 is 0.600 bits per heavy atom. The number of hydrogen-bond acceptors (Lipinski definition) is 8. The van der Waals surface area contributed by atoms with Gasteiger partial charge >= 0.3 is 0 Å². The molecule has 60 heavy (non-hydrogen) atoms. The molecule has 3 unspecified atom stereocenters. The fourth-order valence-electron chi connectivity index (χ4n) is 9.04. The highest BCUT2D eigenvalue weighted by atomic mass is 32.2. The van der Waals surface area contributed by atoms with Gasteiger partial charge in [0.15, 0.2) is 0 Å². The van der Waals surface area contributed by atoms with Crippen LogP contribution in [0.1, 0.15) is 102 Å². The minimum atomic E-state index is -0.762. The summed E-state index contributed by atoms with van der Waals surface area (Å²) in [5.74, 6) is -0.899. The normalized spacial score (nSPS) is 25.4. The largest absolute Gasteiger partial charge is 0.354 e. The fraction of sp³-hybridized carbons (Fsp3) is 0.609. The van der Waals surface area contributed by atoms with Gasteiger partial charge in [0.2, 0.25) is 35.4 Å². The van der Waals surface area contributed by atoms with E-state index in [1.807, 2.05) is 74.5 Å². The van der Waals surface area contributed by atoms with Crippen molar-refractivity contribution >= 4 is 59.0 Å². The zero-order chi connectivity index (χ0) is 42.4. The van der Waals surface area contributed by atoms with Crippen molar-refractivity contribution in [3.05, 3.63) is 71.8 Å². The van der Waals surface area contributed by atoms with E-state index in [4.69, 9.17) is 0 Å². The van der Waals surface area contributed by atoms with E-state index in [1.165, 1.54) is 0 Å². The highest BCUT2D eigenvalue weighted by molar-refractivity contribution is 8.00. The van der Waals surface area contributed by atoms with E-state index in [0.717, 1.165) is 49.7 Å². The lowest BCUT2D eigenvalue weighted by Gasteiger charge is -2.41. The molecule has 0 radical (unpaired) electrons. The van der Waals surface area contributed by atoms with Crippen molar-refractivity contribution in [3.8, 4) is 0 Å². The highest BCUT2D eigenvalue weighted by Crippen LogP contribution is 2.36. The van der Waals surface area contributed by atoms with Gasteiger partial charge in [-0.15, -0.1) is 23.5 Å². The molecule has 6 rings (SSSR count). The van der Waals surface area contributed by atoms with Gasteiger partial charge in [-0.3, -0.25) is 28.8 Å². The first-order valence-corrected chi connectivity index (χ1v) is 24.4. The Balaban J connectivity index is 1.19. The van der Waals surface area contributed by atoms with Crippen LogP contribution in [0.5, 0.6) is 0 Å². The molecular weight excluding hydrogens is 797 g/mol. The maximum atomic E-state index is 14.5. The van der Waals surface area contributed by atoms with Crippen molar-refractivity contribution in [2.24, 2.45) is 11.8 Å². The van der Waals surface area contributed by atoms with Crippen LogP contribution in [0.2, 0.25) is 0 Å². The monoisotopic (exact) mass is 860 g/mol. The van der Waals surface area contributed by atoms with E-state index in [1.54, 1.807) is 33.3 Å². The van der Waals surface area contributed by atoms with Gasteiger partial charge in [-0.2, -0.15) is 0 Å². The highest BCUT2D eigenvalue weighted by Gasteiger charge is 2.45. The van der Waals surface area contributed by atoms with Crippen LogP contribution in [0.25, 0.3) is 0 Å². The minimum Gasteiger partial charge on any atom is -0.354 e. The van der Waals surface area contributed by atoms with E-state index in [-0.39, 0.29) is 46.2 Å². The molecule has 0 aromatic heterocycles. The van der Waals surface area contributed by atoms with Crippen molar-refractivity contribution in [1.29, 1.82) is 0 Å². The molecule has 4 saturated heterocycles. The van der Waals surface area contributed by atoms with Crippen LogP contribution < -0.4 is 21.3 Å². The molecular formula is C46H64N6O6S2. The van der Waals surface area contributed by atoms with Crippen LogP contribution in [-0.2, 0) is 41.6 Å². The summed E-state index contributed by atoms with van der Waals surface area (Å²) in [6.07, 6.45) is 8.68. The minimum absolute atomic E-state index is 0.105. The summed E-state index contributed by atoms with van der Waals surface area (Å²) >= 11 is 3.37. The maximum Gasteiger partial charge on any atom is 0.246 e. The summed E-state index contributed by atoms with van der Waals surface area (Å²) in [4.78, 5) is 87.5. The van der Waals surface area contributed by atoms with Crippen LogP contribution >= 0.6 is 23.5 Å². The lowest BCUT2D eigenvalue weighted by molar-refractivity contribution is -0.146. The van der Waals surface area contributed by atoms with Crippen molar-refractivity contribution in [3.63, 3.8) is 0 Å². The molecule has 8 atom stereocenters. The number of benzene rings is 2. The molecule has 2 aromatic carbocycles. The van der Waals surface area contributed by atoms with Crippen molar-refractivity contribution in [2.45, 2.75) is 139 Å². The Morgan fingerprint density at radius 2 is 1.00 bits per heavy atom. The number of hydrogen-bond donors (Lipinski definition) is 4. The number of thioether (sulfide) groups is 2. The summed E-state index contributed by atoms with van der Waals surface area (Å²) in [7, 11) is 0. The van der Waals surface area contributed by atoms with Gasteiger partial charge in [0.1, 0.15) is 24.2 Å². The molecule has 4 heterocycles. The summed E-state index contributed by atoms with van der Waals surface area (Å²) < 4.78 is 0. The second-order valence-electron chi connectivity index (χ2n) is 16.7. The number of piperidine rings is 2. The summed E-state index contributed by atoms with van der Waals surface area (Å²) in [5.41, 5.74) is 1.95. The topological polar surface area (TPSA) is 157 Å². The zero-order valence-corrected chi connectivity index (χ0v) is 36.9. The molecule has 6 amide bonds. The Morgan fingerprint density at radius 3 is 1.38 bits per heavy atom. The van der Waals surface area contributed by atoms with Crippen molar-refractivity contribution < 1.29 is 28.8 Å². The predicted molar refractivity (Wildman–Crippen MR) is 238 cm³/mol. The number of rotatable bonds is 17. The van der Waals surface area contributed by atoms with Crippen molar-refractivity contribution in [1.82, 2.24) is 31.1 Å². The summed E-state index contributed by atoms with van der Waals surface area (Å²) in [6.45, 7) is 5.09. The van der Waals surface area contributed by atoms with Gasteiger partial charge in [0.25, 0.3) is 0 Å². The third kappa shape index (κ3) is 11.9. The number of carbonyl (C=O) groups is 6. The molecule has 0 aliphatic carbocycles. The molecule has 14 heteroatoms. The molecule has 4 fully saturated rings. The van der Waals surface area contributed by atoms with E-state index < -0.39 is 36.0 Å².